The average Bonchev–Trinajstić information content (AvgIpc) is 3.06. The van der Waals surface area contributed by atoms with Gasteiger partial charge >= 0.3 is 0 Å². The molecule has 1 saturated heterocycles. The summed E-state index contributed by atoms with van der Waals surface area (Å²) in [5, 5.41) is 3.27. The van der Waals surface area contributed by atoms with Crippen LogP contribution in [0.2, 0.25) is 5.02 Å². The number of hydrogen-bond acceptors (Lipinski definition) is 5. The number of anilines is 2. The molecule has 9 nitrogen and oxygen atoms in total. The fourth-order valence-electron chi connectivity index (χ4n) is 5.00. The van der Waals surface area contributed by atoms with Crippen LogP contribution < -0.4 is 15.0 Å². The Bertz CT molecular complexity index is 1430. The maximum atomic E-state index is 13.2. The van der Waals surface area contributed by atoms with E-state index in [1.54, 1.807) is 30.1 Å². The van der Waals surface area contributed by atoms with Gasteiger partial charge in [-0.2, -0.15) is 0 Å². The number of nitrogens with zero attached hydrogens (tertiary/aromatic N) is 4. The Morgan fingerprint density at radius 1 is 1.27 bits per heavy atom. The Morgan fingerprint density at radius 3 is 2.84 bits per heavy atom. The molecule has 2 aromatic carbocycles. The molecule has 3 heterocycles. The van der Waals surface area contributed by atoms with E-state index in [9.17, 15) is 14.4 Å². The first-order valence-electron chi connectivity index (χ1n) is 12.2. The number of benzene rings is 2. The fraction of sp³-hybridized carbons (Fsp3) is 0.333. The van der Waals surface area contributed by atoms with Crippen molar-refractivity contribution in [2.45, 2.75) is 32.2 Å². The molecule has 3 amide bonds. The summed E-state index contributed by atoms with van der Waals surface area (Å²) >= 11 is 6.92. The minimum absolute atomic E-state index is 0.120. The van der Waals surface area contributed by atoms with Gasteiger partial charge < -0.3 is 19.1 Å². The molecule has 0 saturated carbocycles. The van der Waals surface area contributed by atoms with Gasteiger partial charge in [0, 0.05) is 25.7 Å². The van der Waals surface area contributed by atoms with E-state index in [1.165, 1.54) is 11.0 Å². The van der Waals surface area contributed by atoms with Gasteiger partial charge in [0.15, 0.2) is 12.4 Å². The van der Waals surface area contributed by atoms with E-state index in [2.05, 4.69) is 11.9 Å². The molecule has 37 heavy (non-hydrogen) atoms. The SMILES string of the molecule is C=CC(=O)N1CCCC[C@@H](n2c(NC(=O)c3cccc(C)c3)nc3cc4c(c(Cl)c32)OCC(=O)N4C)C1. The Balaban J connectivity index is 1.66. The number of likely N-dealkylation sites (tertiary alicyclic amines) is 1. The van der Waals surface area contributed by atoms with E-state index in [-0.39, 0.29) is 30.4 Å². The van der Waals surface area contributed by atoms with Crippen LogP contribution in [0.4, 0.5) is 11.6 Å². The number of nitrogens with one attached hydrogen (secondary N) is 1. The van der Waals surface area contributed by atoms with Gasteiger partial charge in [-0.15, -0.1) is 0 Å². The monoisotopic (exact) mass is 521 g/mol. The average molecular weight is 522 g/mol. The van der Waals surface area contributed by atoms with E-state index in [0.29, 0.717) is 52.1 Å². The second-order valence-corrected chi connectivity index (χ2v) is 9.79. The first-order chi connectivity index (χ1) is 17.8. The highest BCUT2D eigenvalue weighted by Gasteiger charge is 2.32. The summed E-state index contributed by atoms with van der Waals surface area (Å²) in [5.41, 5.74) is 3.07. The largest absolute Gasteiger partial charge is 0.480 e. The van der Waals surface area contributed by atoms with Crippen LogP contribution in [0, 0.1) is 6.92 Å². The normalized spacial score (nSPS) is 17.7. The number of carbonyl (C=O) groups excluding carboxylic acids is 3. The molecule has 10 heteroatoms. The van der Waals surface area contributed by atoms with Crippen LogP contribution in [0.25, 0.3) is 11.0 Å². The Kier molecular flexibility index (Phi) is 6.64. The summed E-state index contributed by atoms with van der Waals surface area (Å²) in [4.78, 5) is 46.0. The van der Waals surface area contributed by atoms with Gasteiger partial charge in [-0.25, -0.2) is 4.98 Å². The zero-order chi connectivity index (χ0) is 26.3. The molecule has 0 aliphatic carbocycles. The molecular weight excluding hydrogens is 494 g/mol. The Hall–Kier alpha value is -3.85. The Morgan fingerprint density at radius 2 is 2.08 bits per heavy atom. The number of likely N-dealkylation sites (N-methyl/N-ethyl adjacent to an activating group) is 1. The third-order valence-corrected chi connectivity index (χ3v) is 7.28. The second-order valence-electron chi connectivity index (χ2n) is 9.41. The quantitative estimate of drug-likeness (QED) is 0.515. The van der Waals surface area contributed by atoms with Gasteiger partial charge in [-0.1, -0.05) is 35.9 Å². The van der Waals surface area contributed by atoms with Gasteiger partial charge in [0.1, 0.15) is 5.02 Å². The molecule has 0 bridgehead atoms. The van der Waals surface area contributed by atoms with E-state index in [1.807, 2.05) is 23.6 Å². The first kappa shape index (κ1) is 24.8. The molecule has 0 radical (unpaired) electrons. The predicted octanol–water partition coefficient (Wildman–Crippen LogP) is 4.35. The highest BCUT2D eigenvalue weighted by Crippen LogP contribution is 2.45. The highest BCUT2D eigenvalue weighted by molar-refractivity contribution is 6.37. The maximum Gasteiger partial charge on any atom is 0.264 e. The smallest absolute Gasteiger partial charge is 0.264 e. The molecule has 2 aliphatic rings. The van der Waals surface area contributed by atoms with E-state index >= 15 is 0 Å². The van der Waals surface area contributed by atoms with Gasteiger partial charge in [0.05, 0.1) is 22.8 Å². The minimum Gasteiger partial charge on any atom is -0.480 e. The predicted molar refractivity (Wildman–Crippen MR) is 142 cm³/mol. The van der Waals surface area contributed by atoms with Gasteiger partial charge in [-0.05, 0) is 50.5 Å². The van der Waals surface area contributed by atoms with Gasteiger partial charge in [-0.3, -0.25) is 19.7 Å². The second kappa shape index (κ2) is 9.89. The van der Waals surface area contributed by atoms with Gasteiger partial charge in [0.2, 0.25) is 11.9 Å². The molecule has 1 N–H and O–H groups in total. The van der Waals surface area contributed by atoms with Crippen LogP contribution in [-0.2, 0) is 9.59 Å². The molecule has 3 aromatic rings. The summed E-state index contributed by atoms with van der Waals surface area (Å²) in [6.07, 6.45) is 3.81. The van der Waals surface area contributed by atoms with Crippen molar-refractivity contribution in [2.75, 3.05) is 37.0 Å². The molecule has 5 rings (SSSR count). The number of aromatic nitrogens is 2. The summed E-state index contributed by atoms with van der Waals surface area (Å²) in [7, 11) is 1.66. The lowest BCUT2D eigenvalue weighted by atomic mass is 10.1. The molecule has 0 unspecified atom stereocenters. The number of hydrogen-bond donors (Lipinski definition) is 1. The first-order valence-corrected chi connectivity index (χ1v) is 12.6. The topological polar surface area (TPSA) is 96.8 Å². The number of ether oxygens (including phenoxy) is 1. The van der Waals surface area contributed by atoms with Crippen molar-refractivity contribution >= 4 is 52.0 Å². The van der Waals surface area contributed by atoms with Crippen molar-refractivity contribution in [3.05, 3.63) is 59.1 Å². The lowest BCUT2D eigenvalue weighted by Gasteiger charge is -2.28. The van der Waals surface area contributed by atoms with Crippen LogP contribution in [0.15, 0.2) is 43.0 Å². The van der Waals surface area contributed by atoms with Crippen molar-refractivity contribution < 1.29 is 19.1 Å². The lowest BCUT2D eigenvalue weighted by molar-refractivity contribution is -0.126. The molecule has 1 atom stereocenters. The summed E-state index contributed by atoms with van der Waals surface area (Å²) in [5.74, 6) is 0.0582. The number of amides is 3. The van der Waals surface area contributed by atoms with Crippen molar-refractivity contribution in [3.8, 4) is 5.75 Å². The van der Waals surface area contributed by atoms with Crippen molar-refractivity contribution in [3.63, 3.8) is 0 Å². The minimum atomic E-state index is -0.308. The van der Waals surface area contributed by atoms with Crippen LogP contribution in [0.5, 0.6) is 5.75 Å². The maximum absolute atomic E-state index is 13.2. The molecule has 192 valence electrons. The number of rotatable bonds is 4. The summed E-state index contributed by atoms with van der Waals surface area (Å²) < 4.78 is 7.64. The number of aryl methyl sites for hydroxylation is 1. The molecule has 2 aliphatic heterocycles. The lowest BCUT2D eigenvalue weighted by Crippen LogP contribution is -2.35. The van der Waals surface area contributed by atoms with Gasteiger partial charge in [0.25, 0.3) is 11.8 Å². The highest BCUT2D eigenvalue weighted by atomic mass is 35.5. The summed E-state index contributed by atoms with van der Waals surface area (Å²) in [6, 6.07) is 8.83. The molecular formula is C27H28ClN5O4. The third kappa shape index (κ3) is 4.55. The van der Waals surface area contributed by atoms with Crippen LogP contribution in [0.1, 0.15) is 41.2 Å². The van der Waals surface area contributed by atoms with E-state index < -0.39 is 0 Å². The zero-order valence-electron chi connectivity index (χ0n) is 20.8. The molecule has 1 fully saturated rings. The van der Waals surface area contributed by atoms with Crippen LogP contribution in [0.3, 0.4) is 0 Å². The molecule has 1 aromatic heterocycles. The van der Waals surface area contributed by atoms with E-state index in [4.69, 9.17) is 21.3 Å². The van der Waals surface area contributed by atoms with Crippen molar-refractivity contribution in [2.24, 2.45) is 0 Å². The number of imidazole rings is 1. The standard InChI is InChI=1S/C27H28ClN5O4/c1-4-21(34)32-11-6-5-10-18(14-32)33-24-19(13-20-25(23(24)28)37-15-22(35)31(20)3)29-27(33)30-26(36)17-9-7-8-16(2)12-17/h4,7-9,12-13,18H,1,5-6,10-11,14-15H2,2-3H3,(H,29,30,36)/t18-/m1/s1. The summed E-state index contributed by atoms with van der Waals surface area (Å²) in [6.45, 7) is 6.48. The molecule has 0 spiro atoms. The van der Waals surface area contributed by atoms with Crippen molar-refractivity contribution in [1.29, 1.82) is 0 Å². The van der Waals surface area contributed by atoms with Crippen LogP contribution >= 0.6 is 11.6 Å². The Labute approximate surface area is 219 Å². The van der Waals surface area contributed by atoms with Crippen LogP contribution in [-0.4, -0.2) is 58.9 Å². The third-order valence-electron chi connectivity index (χ3n) is 6.93. The zero-order valence-corrected chi connectivity index (χ0v) is 21.5. The van der Waals surface area contributed by atoms with Crippen molar-refractivity contribution in [1.82, 2.24) is 14.5 Å². The number of carbonyl (C=O) groups is 3. The number of fused-ring (bicyclic) bond motifs is 2. The van der Waals surface area contributed by atoms with E-state index in [0.717, 1.165) is 24.8 Å². The number of halogens is 1. The fourth-order valence-corrected chi connectivity index (χ4v) is 5.34.